The molecule has 1 heterocycles. The van der Waals surface area contributed by atoms with Gasteiger partial charge in [0.15, 0.2) is 0 Å². The molecule has 2 rings (SSSR count). The highest BCUT2D eigenvalue weighted by atomic mass is 35.5. The summed E-state index contributed by atoms with van der Waals surface area (Å²) >= 11 is 5.99. The molecule has 1 aliphatic heterocycles. The molecule has 2 amide bonds. The summed E-state index contributed by atoms with van der Waals surface area (Å²) in [5, 5.41) is 3.14. The topological polar surface area (TPSA) is 84.7 Å². The maximum atomic E-state index is 11.8. The molecule has 7 heteroatoms. The van der Waals surface area contributed by atoms with Gasteiger partial charge in [-0.25, -0.2) is 0 Å². The zero-order valence-corrected chi connectivity index (χ0v) is 12.4. The van der Waals surface area contributed by atoms with Crippen LogP contribution in [0.4, 0.5) is 11.4 Å². The number of amides is 2. The largest absolute Gasteiger partial charge is 0.399 e. The molecule has 1 aromatic carbocycles. The van der Waals surface area contributed by atoms with E-state index < -0.39 is 0 Å². The van der Waals surface area contributed by atoms with E-state index in [9.17, 15) is 9.59 Å². The molecule has 0 bridgehead atoms. The fourth-order valence-corrected chi connectivity index (χ4v) is 2.30. The third kappa shape index (κ3) is 4.61. The number of anilines is 2. The zero-order valence-electron chi connectivity index (χ0n) is 11.6. The third-order valence-electron chi connectivity index (χ3n) is 3.18. The second-order valence-corrected chi connectivity index (χ2v) is 5.23. The molecule has 0 radical (unpaired) electrons. The Balaban J connectivity index is 1.75. The second-order valence-electron chi connectivity index (χ2n) is 4.82. The first kappa shape index (κ1) is 15.6. The Morgan fingerprint density at radius 3 is 3.00 bits per heavy atom. The molecule has 1 aromatic rings. The number of morpholine rings is 1. The van der Waals surface area contributed by atoms with Crippen molar-refractivity contribution >= 4 is 34.8 Å². The Morgan fingerprint density at radius 2 is 2.29 bits per heavy atom. The third-order valence-corrected chi connectivity index (χ3v) is 3.50. The second kappa shape index (κ2) is 7.28. The molecule has 6 nitrogen and oxygen atoms in total. The van der Waals surface area contributed by atoms with E-state index >= 15 is 0 Å². The number of nitrogen functional groups attached to an aromatic ring is 1. The number of hydrogen-bond donors (Lipinski definition) is 2. The van der Waals surface area contributed by atoms with Crippen molar-refractivity contribution in [2.75, 3.05) is 37.4 Å². The standard InChI is InChI=1S/C14H18ClN3O3/c15-11-8-10(16)3-4-12(11)17-13(19)2-1-5-18-6-7-21-9-14(18)20/h3-4,8H,1-2,5-7,9,16H2,(H,17,19). The average Bonchev–Trinajstić information content (AvgIpc) is 2.44. The molecule has 0 atom stereocenters. The smallest absolute Gasteiger partial charge is 0.248 e. The zero-order chi connectivity index (χ0) is 15.2. The first-order valence-electron chi connectivity index (χ1n) is 6.76. The fraction of sp³-hybridized carbons (Fsp3) is 0.429. The van der Waals surface area contributed by atoms with Crippen LogP contribution in [-0.2, 0) is 14.3 Å². The number of hydrogen-bond acceptors (Lipinski definition) is 4. The lowest BCUT2D eigenvalue weighted by atomic mass is 10.2. The van der Waals surface area contributed by atoms with Crippen molar-refractivity contribution in [3.63, 3.8) is 0 Å². The molecule has 0 unspecified atom stereocenters. The van der Waals surface area contributed by atoms with Crippen molar-refractivity contribution in [2.24, 2.45) is 0 Å². The van der Waals surface area contributed by atoms with Crippen LogP contribution in [0.3, 0.4) is 0 Å². The van der Waals surface area contributed by atoms with Crippen molar-refractivity contribution in [1.29, 1.82) is 0 Å². The van der Waals surface area contributed by atoms with Gasteiger partial charge in [0.2, 0.25) is 11.8 Å². The Kier molecular flexibility index (Phi) is 5.41. The summed E-state index contributed by atoms with van der Waals surface area (Å²) in [4.78, 5) is 25.1. The molecule has 114 valence electrons. The number of nitrogens with one attached hydrogen (secondary N) is 1. The summed E-state index contributed by atoms with van der Waals surface area (Å²) in [6.45, 7) is 1.83. The van der Waals surface area contributed by atoms with Crippen LogP contribution in [0, 0.1) is 0 Å². The first-order valence-corrected chi connectivity index (χ1v) is 7.14. The number of rotatable bonds is 5. The predicted octanol–water partition coefficient (Wildman–Crippen LogP) is 1.50. The SMILES string of the molecule is Nc1ccc(NC(=O)CCCN2CCOCC2=O)c(Cl)c1. The number of nitrogens with two attached hydrogens (primary N) is 1. The lowest BCUT2D eigenvalue weighted by Gasteiger charge is -2.26. The van der Waals surface area contributed by atoms with Crippen molar-refractivity contribution in [3.05, 3.63) is 23.2 Å². The highest BCUT2D eigenvalue weighted by Crippen LogP contribution is 2.24. The number of halogens is 1. The van der Waals surface area contributed by atoms with Crippen molar-refractivity contribution in [3.8, 4) is 0 Å². The van der Waals surface area contributed by atoms with E-state index in [0.717, 1.165) is 0 Å². The number of carbonyl (C=O) groups is 2. The van der Waals surface area contributed by atoms with Gasteiger partial charge in [-0.05, 0) is 24.6 Å². The van der Waals surface area contributed by atoms with Crippen LogP contribution in [0.15, 0.2) is 18.2 Å². The van der Waals surface area contributed by atoms with Crippen molar-refractivity contribution in [1.82, 2.24) is 4.90 Å². The van der Waals surface area contributed by atoms with Gasteiger partial charge in [-0.3, -0.25) is 9.59 Å². The minimum atomic E-state index is -0.137. The van der Waals surface area contributed by atoms with E-state index in [0.29, 0.717) is 48.9 Å². The quantitative estimate of drug-likeness (QED) is 0.807. The van der Waals surface area contributed by atoms with Gasteiger partial charge >= 0.3 is 0 Å². The molecular formula is C14H18ClN3O3. The summed E-state index contributed by atoms with van der Waals surface area (Å²) in [6, 6.07) is 4.93. The Labute approximate surface area is 128 Å². The van der Waals surface area contributed by atoms with Gasteiger partial charge in [-0.15, -0.1) is 0 Å². The van der Waals surface area contributed by atoms with Gasteiger partial charge in [-0.1, -0.05) is 11.6 Å². The molecule has 0 aliphatic carbocycles. The normalized spacial score (nSPS) is 15.1. The summed E-state index contributed by atoms with van der Waals surface area (Å²) in [5.74, 6) is -0.161. The lowest BCUT2D eigenvalue weighted by Crippen LogP contribution is -2.42. The molecule has 3 N–H and O–H groups in total. The number of ether oxygens (including phenoxy) is 1. The van der Waals surface area contributed by atoms with E-state index in [1.807, 2.05) is 0 Å². The fourth-order valence-electron chi connectivity index (χ4n) is 2.06. The van der Waals surface area contributed by atoms with E-state index in [4.69, 9.17) is 22.1 Å². The minimum absolute atomic E-state index is 0.0248. The average molecular weight is 312 g/mol. The Hall–Kier alpha value is -1.79. The number of benzene rings is 1. The summed E-state index contributed by atoms with van der Waals surface area (Å²) in [5.41, 5.74) is 6.67. The van der Waals surface area contributed by atoms with Gasteiger partial charge in [0, 0.05) is 25.2 Å². The van der Waals surface area contributed by atoms with Crippen LogP contribution >= 0.6 is 11.6 Å². The Bertz CT molecular complexity index is 536. The van der Waals surface area contributed by atoms with Crippen molar-refractivity contribution in [2.45, 2.75) is 12.8 Å². The van der Waals surface area contributed by atoms with Crippen LogP contribution in [0.2, 0.25) is 5.02 Å². The summed E-state index contributed by atoms with van der Waals surface area (Å²) < 4.78 is 5.05. The minimum Gasteiger partial charge on any atom is -0.399 e. The van der Waals surface area contributed by atoms with E-state index in [2.05, 4.69) is 5.32 Å². The van der Waals surface area contributed by atoms with Crippen molar-refractivity contribution < 1.29 is 14.3 Å². The van der Waals surface area contributed by atoms with Gasteiger partial charge in [-0.2, -0.15) is 0 Å². The molecular weight excluding hydrogens is 294 g/mol. The van der Waals surface area contributed by atoms with Crippen LogP contribution < -0.4 is 11.1 Å². The van der Waals surface area contributed by atoms with E-state index in [-0.39, 0.29) is 18.4 Å². The monoisotopic (exact) mass is 311 g/mol. The van der Waals surface area contributed by atoms with E-state index in [1.165, 1.54) is 0 Å². The first-order chi connectivity index (χ1) is 10.1. The summed E-state index contributed by atoms with van der Waals surface area (Å²) in [6.07, 6.45) is 0.926. The van der Waals surface area contributed by atoms with E-state index in [1.54, 1.807) is 23.1 Å². The lowest BCUT2D eigenvalue weighted by molar-refractivity contribution is -0.142. The maximum absolute atomic E-state index is 11.8. The van der Waals surface area contributed by atoms with Gasteiger partial charge < -0.3 is 20.7 Å². The van der Waals surface area contributed by atoms with Gasteiger partial charge in [0.1, 0.15) is 6.61 Å². The van der Waals surface area contributed by atoms with Crippen LogP contribution in [0.25, 0.3) is 0 Å². The van der Waals surface area contributed by atoms with Crippen LogP contribution in [0.5, 0.6) is 0 Å². The molecule has 0 spiro atoms. The summed E-state index contributed by atoms with van der Waals surface area (Å²) in [7, 11) is 0. The number of nitrogens with zero attached hydrogens (tertiary/aromatic N) is 1. The maximum Gasteiger partial charge on any atom is 0.248 e. The highest BCUT2D eigenvalue weighted by molar-refractivity contribution is 6.34. The molecule has 21 heavy (non-hydrogen) atoms. The Morgan fingerprint density at radius 1 is 1.48 bits per heavy atom. The van der Waals surface area contributed by atoms with Gasteiger partial charge in [0.05, 0.1) is 17.3 Å². The molecule has 0 aromatic heterocycles. The molecule has 1 fully saturated rings. The molecule has 1 saturated heterocycles. The predicted molar refractivity (Wildman–Crippen MR) is 81.1 cm³/mol. The molecule has 0 saturated carbocycles. The van der Waals surface area contributed by atoms with Crippen LogP contribution in [-0.4, -0.2) is 43.0 Å². The van der Waals surface area contributed by atoms with Gasteiger partial charge in [0.25, 0.3) is 0 Å². The number of carbonyl (C=O) groups excluding carboxylic acids is 2. The molecule has 1 aliphatic rings. The highest BCUT2D eigenvalue weighted by Gasteiger charge is 2.18. The van der Waals surface area contributed by atoms with Crippen LogP contribution in [0.1, 0.15) is 12.8 Å².